The summed E-state index contributed by atoms with van der Waals surface area (Å²) >= 11 is 10.6. The van der Waals surface area contributed by atoms with Gasteiger partial charge in [0.15, 0.2) is 0 Å². The van der Waals surface area contributed by atoms with Crippen molar-refractivity contribution in [2.75, 3.05) is 0 Å². The summed E-state index contributed by atoms with van der Waals surface area (Å²) < 4.78 is 22.1. The first-order valence-electron chi connectivity index (χ1n) is 12.7. The third-order valence-corrected chi connectivity index (χ3v) is 9.52. The lowest BCUT2D eigenvalue weighted by Crippen LogP contribution is -2.42. The summed E-state index contributed by atoms with van der Waals surface area (Å²) in [6.45, 7) is 0. The molecule has 1 unspecified atom stereocenters. The van der Waals surface area contributed by atoms with Crippen molar-refractivity contribution < 1.29 is 33.7 Å². The molecule has 4 aromatic rings. The van der Waals surface area contributed by atoms with E-state index in [1.165, 1.54) is 12.1 Å². The SMILES string of the molecule is O=C(N[C@@H](Cc1cccc(CS(=O)[O-])c1)C(=O)O)c1c(Cl)cc(/C=C/P(c2cccc(O)c2)c2cccc(O)c2)cc1Cl. The topological polar surface area (TPSA) is 147 Å². The van der Waals surface area contributed by atoms with Crippen LogP contribution in [0.2, 0.25) is 10.0 Å². The van der Waals surface area contributed by atoms with E-state index >= 15 is 0 Å². The zero-order chi connectivity index (χ0) is 31.1. The van der Waals surface area contributed by atoms with E-state index in [0.717, 1.165) is 10.6 Å². The van der Waals surface area contributed by atoms with Crippen molar-refractivity contribution >= 4 is 70.8 Å². The number of hydrogen-bond donors (Lipinski definition) is 4. The predicted molar refractivity (Wildman–Crippen MR) is 170 cm³/mol. The second-order valence-corrected chi connectivity index (χ2v) is 13.2. The molecule has 0 aliphatic rings. The average Bonchev–Trinajstić information content (AvgIpc) is 2.92. The molecule has 0 saturated carbocycles. The van der Waals surface area contributed by atoms with E-state index in [0.29, 0.717) is 16.7 Å². The van der Waals surface area contributed by atoms with Gasteiger partial charge in [-0.05, 0) is 71.6 Å². The van der Waals surface area contributed by atoms with Crippen molar-refractivity contribution in [2.45, 2.75) is 18.2 Å². The predicted octanol–water partition coefficient (Wildman–Crippen LogP) is 5.31. The summed E-state index contributed by atoms with van der Waals surface area (Å²) in [6, 6.07) is 21.8. The van der Waals surface area contributed by atoms with Crippen molar-refractivity contribution in [3.8, 4) is 11.5 Å². The second kappa shape index (κ2) is 14.6. The molecule has 0 radical (unpaired) electrons. The van der Waals surface area contributed by atoms with Gasteiger partial charge >= 0.3 is 5.97 Å². The molecule has 12 heteroatoms. The van der Waals surface area contributed by atoms with Gasteiger partial charge < -0.3 is 25.2 Å². The molecule has 0 saturated heterocycles. The van der Waals surface area contributed by atoms with Crippen LogP contribution in [0.15, 0.2) is 90.7 Å². The maximum absolute atomic E-state index is 13.1. The molecule has 8 nitrogen and oxygen atoms in total. The largest absolute Gasteiger partial charge is 0.772 e. The van der Waals surface area contributed by atoms with Gasteiger partial charge in [-0.2, -0.15) is 0 Å². The van der Waals surface area contributed by atoms with Crippen LogP contribution in [-0.2, 0) is 28.0 Å². The molecule has 4 N–H and O–H groups in total. The fourth-order valence-corrected chi connectivity index (χ4v) is 7.45. The molecule has 0 fully saturated rings. The van der Waals surface area contributed by atoms with E-state index < -0.39 is 36.9 Å². The minimum atomic E-state index is -2.30. The number of carbonyl (C=O) groups is 2. The number of halogens is 2. The Balaban J connectivity index is 1.56. The normalized spacial score (nSPS) is 12.7. The van der Waals surface area contributed by atoms with Crippen LogP contribution in [-0.4, -0.2) is 42.0 Å². The molecule has 1 amide bonds. The first-order chi connectivity index (χ1) is 20.5. The minimum absolute atomic E-state index is 0.00718. The number of nitrogens with one attached hydrogen (secondary N) is 1. The molecule has 0 spiro atoms. The number of carboxylic acids is 1. The standard InChI is InChI=1S/C31H26Cl2NO7PS/c32-26-13-20(10-11-42(24-8-2-6-22(35)16-24)25-9-3-7-23(36)17-25)14-27(33)29(26)30(37)34-28(31(38)39)15-19-4-1-5-21(12-19)18-43(40)41/h1-14,16-17,28,35-36H,15,18H2,(H,34,37)(H,38,39)(H,40,41)/p-1/b11-10+/t28-/m0/s1. The Labute approximate surface area is 261 Å². The van der Waals surface area contributed by atoms with Gasteiger partial charge in [0.2, 0.25) is 0 Å². The molecule has 222 valence electrons. The van der Waals surface area contributed by atoms with Gasteiger partial charge in [0.25, 0.3) is 5.91 Å². The summed E-state index contributed by atoms with van der Waals surface area (Å²) in [4.78, 5) is 25.1. The number of rotatable bonds is 11. The number of phenols is 2. The lowest BCUT2D eigenvalue weighted by Gasteiger charge is -2.17. The van der Waals surface area contributed by atoms with Crippen molar-refractivity contribution in [3.63, 3.8) is 0 Å². The Kier molecular flexibility index (Phi) is 11.0. The highest BCUT2D eigenvalue weighted by atomic mass is 35.5. The monoisotopic (exact) mass is 656 g/mol. The van der Waals surface area contributed by atoms with Gasteiger partial charge in [-0.15, -0.1) is 0 Å². The number of amides is 1. The van der Waals surface area contributed by atoms with Gasteiger partial charge in [0, 0.05) is 12.2 Å². The number of phenolic OH excluding ortho intramolecular Hbond substituents is 2. The Morgan fingerprint density at radius 1 is 0.884 bits per heavy atom. The van der Waals surface area contributed by atoms with E-state index in [1.54, 1.807) is 66.7 Å². The van der Waals surface area contributed by atoms with Gasteiger partial charge in [-0.25, -0.2) is 4.79 Å². The molecule has 0 aromatic heterocycles. The van der Waals surface area contributed by atoms with Gasteiger partial charge in [-0.1, -0.05) is 94.7 Å². The van der Waals surface area contributed by atoms with Crippen LogP contribution >= 0.6 is 31.1 Å². The fraction of sp³-hybridized carbons (Fsp3) is 0.0968. The molecule has 0 bridgehead atoms. The molecule has 0 heterocycles. The first kappa shape index (κ1) is 32.2. The third kappa shape index (κ3) is 8.89. The highest BCUT2D eigenvalue weighted by molar-refractivity contribution is 7.78. The van der Waals surface area contributed by atoms with Crippen LogP contribution in [0.4, 0.5) is 0 Å². The van der Waals surface area contributed by atoms with E-state index in [2.05, 4.69) is 5.32 Å². The average molecular weight is 657 g/mol. The maximum Gasteiger partial charge on any atom is 0.326 e. The van der Waals surface area contributed by atoms with E-state index in [4.69, 9.17) is 23.2 Å². The summed E-state index contributed by atoms with van der Waals surface area (Å²) in [5.74, 6) is -0.176. The number of hydrogen-bond acceptors (Lipinski definition) is 6. The quantitative estimate of drug-likeness (QED) is 0.126. The number of carboxylic acid groups (broad SMARTS) is 1. The molecule has 43 heavy (non-hydrogen) atoms. The lowest BCUT2D eigenvalue weighted by molar-refractivity contribution is -0.139. The Morgan fingerprint density at radius 3 is 1.98 bits per heavy atom. The number of carbonyl (C=O) groups excluding carboxylic acids is 1. The van der Waals surface area contributed by atoms with Gasteiger partial charge in [0.1, 0.15) is 17.5 Å². The molecule has 0 aliphatic heterocycles. The molecule has 2 atom stereocenters. The zero-order valence-corrected chi connectivity index (χ0v) is 25.5. The molecular formula is C31H25Cl2NO7PS-. The van der Waals surface area contributed by atoms with Crippen molar-refractivity contribution in [1.82, 2.24) is 5.32 Å². The van der Waals surface area contributed by atoms with Crippen LogP contribution < -0.4 is 15.9 Å². The number of benzene rings is 4. The van der Waals surface area contributed by atoms with Crippen LogP contribution in [0.1, 0.15) is 27.0 Å². The van der Waals surface area contributed by atoms with E-state index in [-0.39, 0.29) is 39.3 Å². The first-order valence-corrected chi connectivity index (χ1v) is 16.1. The minimum Gasteiger partial charge on any atom is -0.772 e. The van der Waals surface area contributed by atoms with Crippen molar-refractivity contribution in [3.05, 3.63) is 123 Å². The zero-order valence-electron chi connectivity index (χ0n) is 22.3. The Bertz CT molecular complexity index is 1650. The van der Waals surface area contributed by atoms with Crippen LogP contribution in [0, 0.1) is 0 Å². The summed E-state index contributed by atoms with van der Waals surface area (Å²) in [5.41, 5.74) is 1.50. The third-order valence-electron chi connectivity index (χ3n) is 6.24. The fourth-order valence-electron chi connectivity index (χ4n) is 4.32. The smallest absolute Gasteiger partial charge is 0.326 e. The lowest BCUT2D eigenvalue weighted by atomic mass is 10.0. The highest BCUT2D eigenvalue weighted by Crippen LogP contribution is 2.38. The molecule has 4 rings (SSSR count). The van der Waals surface area contributed by atoms with Crippen molar-refractivity contribution in [2.24, 2.45) is 0 Å². The Hall–Kier alpha value is -3.72. The molecular weight excluding hydrogens is 632 g/mol. The summed E-state index contributed by atoms with van der Waals surface area (Å²) in [7, 11) is -1.16. The number of aliphatic carboxylic acids is 1. The van der Waals surface area contributed by atoms with Crippen LogP contribution in [0.25, 0.3) is 6.08 Å². The second-order valence-electron chi connectivity index (χ2n) is 9.42. The van der Waals surface area contributed by atoms with E-state index in [9.17, 15) is 33.7 Å². The molecule has 0 aliphatic carbocycles. The van der Waals surface area contributed by atoms with Crippen molar-refractivity contribution in [1.29, 1.82) is 0 Å². The highest BCUT2D eigenvalue weighted by Gasteiger charge is 2.24. The van der Waals surface area contributed by atoms with Crippen LogP contribution in [0.5, 0.6) is 11.5 Å². The number of aromatic hydroxyl groups is 2. The van der Waals surface area contributed by atoms with Crippen LogP contribution in [0.3, 0.4) is 0 Å². The van der Waals surface area contributed by atoms with Gasteiger partial charge in [-0.3, -0.25) is 9.00 Å². The molecule has 4 aromatic carbocycles. The summed E-state index contributed by atoms with van der Waals surface area (Å²) in [5, 5.41) is 33.9. The van der Waals surface area contributed by atoms with E-state index in [1.807, 2.05) is 17.9 Å². The van der Waals surface area contributed by atoms with Gasteiger partial charge in [0.05, 0.1) is 15.6 Å². The maximum atomic E-state index is 13.1. The summed E-state index contributed by atoms with van der Waals surface area (Å²) in [6.07, 6.45) is 1.67. The Morgan fingerprint density at radius 2 is 1.44 bits per heavy atom.